The maximum atomic E-state index is 12.6. The lowest BCUT2D eigenvalue weighted by Crippen LogP contribution is -2.19. The minimum absolute atomic E-state index is 0.0410. The lowest BCUT2D eigenvalue weighted by atomic mass is 9.96. The monoisotopic (exact) mass is 334 g/mol. The van der Waals surface area contributed by atoms with Crippen LogP contribution in [0.15, 0.2) is 54.6 Å². The molecule has 3 rings (SSSR count). The van der Waals surface area contributed by atoms with Gasteiger partial charge in [-0.25, -0.2) is 0 Å². The van der Waals surface area contributed by atoms with E-state index in [9.17, 15) is 4.79 Å². The molecule has 1 atom stereocenters. The molecular formula is C21H22N2O2. The summed E-state index contributed by atoms with van der Waals surface area (Å²) in [7, 11) is 1.65. The van der Waals surface area contributed by atoms with E-state index < -0.39 is 0 Å². The zero-order chi connectivity index (χ0) is 18.0. The van der Waals surface area contributed by atoms with Gasteiger partial charge in [0.15, 0.2) is 0 Å². The van der Waals surface area contributed by atoms with Gasteiger partial charge in [0.1, 0.15) is 5.75 Å². The molecule has 0 saturated carbocycles. The fourth-order valence-corrected chi connectivity index (χ4v) is 2.86. The van der Waals surface area contributed by atoms with Crippen molar-refractivity contribution in [3.63, 3.8) is 0 Å². The van der Waals surface area contributed by atoms with E-state index in [1.165, 1.54) is 0 Å². The summed E-state index contributed by atoms with van der Waals surface area (Å²) in [6.45, 7) is 3.84. The van der Waals surface area contributed by atoms with Crippen LogP contribution >= 0.6 is 0 Å². The van der Waals surface area contributed by atoms with Gasteiger partial charge in [0.25, 0.3) is 0 Å². The van der Waals surface area contributed by atoms with Crippen molar-refractivity contribution < 1.29 is 9.53 Å². The van der Waals surface area contributed by atoms with E-state index in [0.717, 1.165) is 33.3 Å². The van der Waals surface area contributed by atoms with Crippen LogP contribution in [0.1, 0.15) is 24.0 Å². The van der Waals surface area contributed by atoms with E-state index in [1.807, 2.05) is 56.3 Å². The number of rotatable bonds is 4. The first-order valence-electron chi connectivity index (χ1n) is 8.22. The number of aryl methyl sites for hydroxylation is 1. The van der Waals surface area contributed by atoms with Gasteiger partial charge < -0.3 is 15.8 Å². The standard InChI is InChI=1S/C21H22N2O2/c1-13-10-18(22)7-9-20(13)23-21(24)14(2)15-4-5-17-12-19(25-3)8-6-16(17)11-15/h4-12,14H,22H2,1-3H3,(H,23,24). The van der Waals surface area contributed by atoms with Gasteiger partial charge in [-0.05, 0) is 66.1 Å². The zero-order valence-electron chi connectivity index (χ0n) is 14.7. The van der Waals surface area contributed by atoms with Gasteiger partial charge in [0.2, 0.25) is 5.91 Å². The predicted octanol–water partition coefficient (Wildman–Crippen LogP) is 4.48. The van der Waals surface area contributed by atoms with Gasteiger partial charge in [0, 0.05) is 11.4 Å². The van der Waals surface area contributed by atoms with Crippen LogP contribution in [0.25, 0.3) is 10.8 Å². The van der Waals surface area contributed by atoms with Gasteiger partial charge in [-0.15, -0.1) is 0 Å². The Labute approximate surface area is 147 Å². The van der Waals surface area contributed by atoms with E-state index in [-0.39, 0.29) is 11.8 Å². The van der Waals surface area contributed by atoms with E-state index in [2.05, 4.69) is 11.4 Å². The summed E-state index contributed by atoms with van der Waals surface area (Å²) < 4.78 is 5.25. The molecule has 4 heteroatoms. The van der Waals surface area contributed by atoms with E-state index in [0.29, 0.717) is 5.69 Å². The molecule has 0 aliphatic heterocycles. The highest BCUT2D eigenvalue weighted by molar-refractivity contribution is 5.97. The van der Waals surface area contributed by atoms with Gasteiger partial charge >= 0.3 is 0 Å². The van der Waals surface area contributed by atoms with Crippen molar-refractivity contribution >= 4 is 28.1 Å². The van der Waals surface area contributed by atoms with Crippen LogP contribution in [0.4, 0.5) is 11.4 Å². The van der Waals surface area contributed by atoms with E-state index >= 15 is 0 Å². The zero-order valence-corrected chi connectivity index (χ0v) is 14.7. The second-order valence-electron chi connectivity index (χ2n) is 6.26. The summed E-state index contributed by atoms with van der Waals surface area (Å²) in [5.41, 5.74) is 9.16. The van der Waals surface area contributed by atoms with Crippen LogP contribution in [0.5, 0.6) is 5.75 Å². The molecule has 128 valence electrons. The van der Waals surface area contributed by atoms with Crippen LogP contribution in [0, 0.1) is 6.92 Å². The molecule has 0 fully saturated rings. The highest BCUT2D eigenvalue weighted by Gasteiger charge is 2.16. The van der Waals surface area contributed by atoms with Crippen LogP contribution in [-0.2, 0) is 4.79 Å². The molecule has 3 N–H and O–H groups in total. The van der Waals surface area contributed by atoms with Crippen molar-refractivity contribution in [1.82, 2.24) is 0 Å². The SMILES string of the molecule is COc1ccc2cc(C(C)C(=O)Nc3ccc(N)cc3C)ccc2c1. The molecule has 0 aliphatic carbocycles. The smallest absolute Gasteiger partial charge is 0.231 e. The van der Waals surface area contributed by atoms with E-state index in [1.54, 1.807) is 13.2 Å². The van der Waals surface area contributed by atoms with Crippen molar-refractivity contribution in [3.8, 4) is 5.75 Å². The normalized spacial score (nSPS) is 12.0. The fourth-order valence-electron chi connectivity index (χ4n) is 2.86. The number of carbonyl (C=O) groups is 1. The van der Waals surface area contributed by atoms with Crippen LogP contribution < -0.4 is 15.8 Å². The molecular weight excluding hydrogens is 312 g/mol. The number of hydrogen-bond acceptors (Lipinski definition) is 3. The minimum Gasteiger partial charge on any atom is -0.497 e. The number of anilines is 2. The Hall–Kier alpha value is -3.01. The molecule has 0 spiro atoms. The Morgan fingerprint density at radius 1 is 1.04 bits per heavy atom. The molecule has 0 radical (unpaired) electrons. The topological polar surface area (TPSA) is 64.3 Å². The van der Waals surface area contributed by atoms with Gasteiger partial charge in [-0.2, -0.15) is 0 Å². The highest BCUT2D eigenvalue weighted by Crippen LogP contribution is 2.26. The molecule has 3 aromatic carbocycles. The summed E-state index contributed by atoms with van der Waals surface area (Å²) in [5, 5.41) is 5.16. The molecule has 0 aliphatic rings. The lowest BCUT2D eigenvalue weighted by molar-refractivity contribution is -0.117. The van der Waals surface area contributed by atoms with Gasteiger partial charge in [0.05, 0.1) is 13.0 Å². The largest absolute Gasteiger partial charge is 0.497 e. The molecule has 0 heterocycles. The fraction of sp³-hybridized carbons (Fsp3) is 0.190. The number of carbonyl (C=O) groups excluding carboxylic acids is 1. The second kappa shape index (κ2) is 6.85. The van der Waals surface area contributed by atoms with Crippen molar-refractivity contribution in [2.45, 2.75) is 19.8 Å². The third kappa shape index (κ3) is 3.58. The Bertz CT molecular complexity index is 934. The number of benzene rings is 3. The molecule has 4 nitrogen and oxygen atoms in total. The van der Waals surface area contributed by atoms with Crippen molar-refractivity contribution in [3.05, 3.63) is 65.7 Å². The van der Waals surface area contributed by atoms with Crippen molar-refractivity contribution in [2.24, 2.45) is 0 Å². The first-order valence-corrected chi connectivity index (χ1v) is 8.22. The molecule has 0 aromatic heterocycles. The summed E-state index contributed by atoms with van der Waals surface area (Å²) >= 11 is 0. The first kappa shape index (κ1) is 16.8. The molecule has 25 heavy (non-hydrogen) atoms. The molecule has 3 aromatic rings. The van der Waals surface area contributed by atoms with Gasteiger partial charge in [-0.3, -0.25) is 4.79 Å². The van der Waals surface area contributed by atoms with Crippen LogP contribution in [0.2, 0.25) is 0 Å². The number of ether oxygens (including phenoxy) is 1. The van der Waals surface area contributed by atoms with Crippen LogP contribution in [-0.4, -0.2) is 13.0 Å². The maximum absolute atomic E-state index is 12.6. The maximum Gasteiger partial charge on any atom is 0.231 e. The molecule has 0 bridgehead atoms. The first-order chi connectivity index (χ1) is 12.0. The molecule has 0 saturated heterocycles. The number of hydrogen-bond donors (Lipinski definition) is 2. The van der Waals surface area contributed by atoms with E-state index in [4.69, 9.17) is 10.5 Å². The predicted molar refractivity (Wildman–Crippen MR) is 103 cm³/mol. The summed E-state index contributed by atoms with van der Waals surface area (Å²) in [5.74, 6) is 0.522. The number of nitrogens with two attached hydrogens (primary N) is 1. The quantitative estimate of drug-likeness (QED) is 0.691. The summed E-state index contributed by atoms with van der Waals surface area (Å²) in [6, 6.07) is 17.5. The number of amides is 1. The number of nitrogen functional groups attached to an aromatic ring is 1. The highest BCUT2D eigenvalue weighted by atomic mass is 16.5. The number of fused-ring (bicyclic) bond motifs is 1. The Morgan fingerprint density at radius 2 is 1.76 bits per heavy atom. The average molecular weight is 334 g/mol. The Morgan fingerprint density at radius 3 is 2.48 bits per heavy atom. The van der Waals surface area contributed by atoms with Gasteiger partial charge in [-0.1, -0.05) is 24.3 Å². The second-order valence-corrected chi connectivity index (χ2v) is 6.26. The molecule has 1 unspecified atom stereocenters. The summed E-state index contributed by atoms with van der Waals surface area (Å²) in [4.78, 5) is 12.6. The van der Waals surface area contributed by atoms with Crippen molar-refractivity contribution in [2.75, 3.05) is 18.2 Å². The number of methoxy groups -OCH3 is 1. The third-order valence-electron chi connectivity index (χ3n) is 4.47. The molecule has 1 amide bonds. The van der Waals surface area contributed by atoms with Crippen LogP contribution in [0.3, 0.4) is 0 Å². The average Bonchev–Trinajstić information content (AvgIpc) is 2.62. The Balaban J connectivity index is 1.82. The minimum atomic E-state index is -0.261. The number of nitrogens with one attached hydrogen (secondary N) is 1. The Kier molecular flexibility index (Phi) is 4.61. The summed E-state index contributed by atoms with van der Waals surface area (Å²) in [6.07, 6.45) is 0. The van der Waals surface area contributed by atoms with Crippen molar-refractivity contribution in [1.29, 1.82) is 0 Å². The lowest BCUT2D eigenvalue weighted by Gasteiger charge is -2.15. The third-order valence-corrected chi connectivity index (χ3v) is 4.47.